The molecular weight excluding hydrogens is 226 g/mol. The third kappa shape index (κ3) is 3.42. The zero-order valence-electron chi connectivity index (χ0n) is 9.21. The van der Waals surface area contributed by atoms with Gasteiger partial charge in [0.15, 0.2) is 0 Å². The predicted octanol–water partition coefficient (Wildman–Crippen LogP) is -0.874. The fraction of sp³-hybridized carbons (Fsp3) is 0.300. The number of nitrogens with two attached hydrogens (primary N) is 1. The highest BCUT2D eigenvalue weighted by Crippen LogP contribution is 2.12. The van der Waals surface area contributed by atoms with Crippen molar-refractivity contribution in [1.29, 1.82) is 0 Å². The van der Waals surface area contributed by atoms with Crippen LogP contribution in [0.4, 0.5) is 5.82 Å². The predicted molar refractivity (Wildman–Crippen MR) is 59.3 cm³/mol. The van der Waals surface area contributed by atoms with Crippen molar-refractivity contribution < 1.29 is 19.4 Å². The Hall–Kier alpha value is -2.15. The van der Waals surface area contributed by atoms with Gasteiger partial charge in [-0.05, 0) is 12.1 Å². The minimum atomic E-state index is -1.34. The number of ether oxygens (including phenoxy) is 1. The van der Waals surface area contributed by atoms with Gasteiger partial charge in [-0.25, -0.2) is 9.78 Å². The van der Waals surface area contributed by atoms with Crippen LogP contribution >= 0.6 is 0 Å². The number of aliphatic hydroxyl groups is 1. The third-order valence-corrected chi connectivity index (χ3v) is 2.00. The zero-order valence-corrected chi connectivity index (χ0v) is 9.21. The molecule has 0 fully saturated rings. The summed E-state index contributed by atoms with van der Waals surface area (Å²) in [6, 6.07) is 3.08. The molecule has 0 aromatic carbocycles. The number of aromatic nitrogens is 1. The van der Waals surface area contributed by atoms with Gasteiger partial charge in [-0.3, -0.25) is 4.79 Å². The number of pyridine rings is 1. The Morgan fingerprint density at radius 3 is 2.94 bits per heavy atom. The summed E-state index contributed by atoms with van der Waals surface area (Å²) in [6.07, 6.45) is 0.119. The second-order valence-electron chi connectivity index (χ2n) is 3.19. The van der Waals surface area contributed by atoms with Crippen LogP contribution in [0.15, 0.2) is 18.3 Å². The molecule has 7 heteroatoms. The molecule has 0 bridgehead atoms. The molecule has 1 unspecified atom stereocenters. The molecule has 4 N–H and O–H groups in total. The van der Waals surface area contributed by atoms with Gasteiger partial charge >= 0.3 is 5.97 Å². The number of methoxy groups -OCH3 is 1. The fourth-order valence-corrected chi connectivity index (χ4v) is 1.11. The van der Waals surface area contributed by atoms with E-state index in [1.807, 2.05) is 0 Å². The van der Waals surface area contributed by atoms with E-state index in [9.17, 15) is 14.7 Å². The number of hydrogen-bond acceptors (Lipinski definition) is 6. The maximum Gasteiger partial charge on any atom is 0.341 e. The van der Waals surface area contributed by atoms with Gasteiger partial charge in [0.05, 0.1) is 13.7 Å². The summed E-state index contributed by atoms with van der Waals surface area (Å²) in [4.78, 5) is 25.9. The van der Waals surface area contributed by atoms with Crippen molar-refractivity contribution >= 4 is 17.7 Å². The summed E-state index contributed by atoms with van der Waals surface area (Å²) in [5, 5.41) is 11.8. The summed E-state index contributed by atoms with van der Waals surface area (Å²) in [5.41, 5.74) is 5.10. The van der Waals surface area contributed by atoms with Gasteiger partial charge in [-0.15, -0.1) is 0 Å². The average Bonchev–Trinajstić information content (AvgIpc) is 2.35. The maximum absolute atomic E-state index is 11.4. The Labute approximate surface area is 97.6 Å². The van der Waals surface area contributed by atoms with E-state index in [0.717, 1.165) is 0 Å². The van der Waals surface area contributed by atoms with Crippen LogP contribution in [0.5, 0.6) is 0 Å². The highest BCUT2D eigenvalue weighted by molar-refractivity contribution is 5.94. The van der Waals surface area contributed by atoms with Crippen LogP contribution in [0, 0.1) is 0 Å². The van der Waals surface area contributed by atoms with E-state index >= 15 is 0 Å². The number of aliphatic hydroxyl groups excluding tert-OH is 1. The molecule has 1 atom stereocenters. The highest BCUT2D eigenvalue weighted by atomic mass is 16.5. The molecule has 0 spiro atoms. The van der Waals surface area contributed by atoms with Gasteiger partial charge in [0, 0.05) is 6.20 Å². The molecule has 0 aliphatic rings. The van der Waals surface area contributed by atoms with E-state index in [-0.39, 0.29) is 17.9 Å². The Bertz CT molecular complexity index is 422. The van der Waals surface area contributed by atoms with Gasteiger partial charge in [-0.1, -0.05) is 0 Å². The molecule has 0 aliphatic heterocycles. The van der Waals surface area contributed by atoms with Crippen LogP contribution in [0.1, 0.15) is 10.4 Å². The summed E-state index contributed by atoms with van der Waals surface area (Å²) in [7, 11) is 1.25. The minimum absolute atomic E-state index is 0.129. The van der Waals surface area contributed by atoms with Crippen LogP contribution in [0.2, 0.25) is 0 Å². The molecule has 7 nitrogen and oxygen atoms in total. The second-order valence-corrected chi connectivity index (χ2v) is 3.19. The van der Waals surface area contributed by atoms with Crippen molar-refractivity contribution in [1.82, 2.24) is 4.98 Å². The number of primary amides is 1. The van der Waals surface area contributed by atoms with Crippen molar-refractivity contribution in [2.24, 2.45) is 5.73 Å². The minimum Gasteiger partial charge on any atom is -0.465 e. The lowest BCUT2D eigenvalue weighted by Crippen LogP contribution is -2.34. The first kappa shape index (κ1) is 12.9. The lowest BCUT2D eigenvalue weighted by Gasteiger charge is -2.11. The molecule has 92 valence electrons. The van der Waals surface area contributed by atoms with E-state index in [1.165, 1.54) is 19.4 Å². The Morgan fingerprint density at radius 2 is 2.35 bits per heavy atom. The highest BCUT2D eigenvalue weighted by Gasteiger charge is 2.15. The molecule has 1 heterocycles. The normalized spacial score (nSPS) is 11.6. The molecule has 1 rings (SSSR count). The van der Waals surface area contributed by atoms with Crippen molar-refractivity contribution in [3.63, 3.8) is 0 Å². The van der Waals surface area contributed by atoms with Crippen molar-refractivity contribution in [2.45, 2.75) is 6.10 Å². The summed E-state index contributed by atoms with van der Waals surface area (Å²) >= 11 is 0. The quantitative estimate of drug-likeness (QED) is 0.575. The van der Waals surface area contributed by atoms with E-state index in [0.29, 0.717) is 0 Å². The number of nitrogens with zero attached hydrogens (tertiary/aromatic N) is 1. The number of anilines is 1. The monoisotopic (exact) mass is 239 g/mol. The second kappa shape index (κ2) is 5.80. The molecular formula is C10H13N3O4. The topological polar surface area (TPSA) is 115 Å². The molecule has 1 aromatic rings. The molecule has 0 saturated carbocycles. The van der Waals surface area contributed by atoms with E-state index in [4.69, 9.17) is 5.73 Å². The van der Waals surface area contributed by atoms with Crippen LogP contribution < -0.4 is 11.1 Å². The smallest absolute Gasteiger partial charge is 0.341 e. The first-order valence-corrected chi connectivity index (χ1v) is 4.81. The Kier molecular flexibility index (Phi) is 4.41. The maximum atomic E-state index is 11.4. The van der Waals surface area contributed by atoms with Gasteiger partial charge < -0.3 is 20.9 Å². The molecule has 0 aliphatic carbocycles. The SMILES string of the molecule is COC(=O)c1cccnc1NCC(O)C(N)=O. The summed E-state index contributed by atoms with van der Waals surface area (Å²) in [5.74, 6) is -1.19. The molecule has 0 saturated heterocycles. The number of nitrogens with one attached hydrogen (secondary N) is 1. The largest absolute Gasteiger partial charge is 0.465 e. The van der Waals surface area contributed by atoms with Crippen molar-refractivity contribution in [3.8, 4) is 0 Å². The number of rotatable bonds is 5. The van der Waals surface area contributed by atoms with Crippen LogP contribution in [0.3, 0.4) is 0 Å². The third-order valence-electron chi connectivity index (χ3n) is 2.00. The molecule has 17 heavy (non-hydrogen) atoms. The lowest BCUT2D eigenvalue weighted by atomic mass is 10.2. The van der Waals surface area contributed by atoms with Crippen molar-refractivity contribution in [3.05, 3.63) is 23.9 Å². The summed E-state index contributed by atoms with van der Waals surface area (Å²) in [6.45, 7) is -0.129. The van der Waals surface area contributed by atoms with Crippen LogP contribution in [0.25, 0.3) is 0 Å². The average molecular weight is 239 g/mol. The van der Waals surface area contributed by atoms with E-state index < -0.39 is 18.0 Å². The van der Waals surface area contributed by atoms with Gasteiger partial charge in [0.25, 0.3) is 0 Å². The number of carbonyl (C=O) groups is 2. The summed E-state index contributed by atoms with van der Waals surface area (Å²) < 4.78 is 4.56. The molecule has 1 aromatic heterocycles. The van der Waals surface area contributed by atoms with E-state index in [1.54, 1.807) is 6.07 Å². The number of esters is 1. The Balaban J connectivity index is 2.77. The van der Waals surface area contributed by atoms with Crippen molar-refractivity contribution in [2.75, 3.05) is 19.0 Å². The number of amides is 1. The fourth-order valence-electron chi connectivity index (χ4n) is 1.11. The number of hydrogen-bond donors (Lipinski definition) is 3. The standard InChI is InChI=1S/C10H13N3O4/c1-17-10(16)6-3-2-4-12-9(6)13-5-7(14)8(11)15/h2-4,7,14H,5H2,1H3,(H2,11,15)(H,12,13). The zero-order chi connectivity index (χ0) is 12.8. The van der Waals surface area contributed by atoms with Gasteiger partial charge in [0.2, 0.25) is 5.91 Å². The molecule has 0 radical (unpaired) electrons. The first-order valence-electron chi connectivity index (χ1n) is 4.81. The van der Waals surface area contributed by atoms with Crippen LogP contribution in [-0.2, 0) is 9.53 Å². The van der Waals surface area contributed by atoms with Gasteiger partial charge in [-0.2, -0.15) is 0 Å². The van der Waals surface area contributed by atoms with E-state index in [2.05, 4.69) is 15.0 Å². The van der Waals surface area contributed by atoms with Crippen LogP contribution in [-0.4, -0.2) is 41.7 Å². The first-order chi connectivity index (χ1) is 8.06. The van der Waals surface area contributed by atoms with Gasteiger partial charge in [0.1, 0.15) is 17.5 Å². The Morgan fingerprint density at radius 1 is 1.65 bits per heavy atom. The molecule has 1 amide bonds. The number of carbonyl (C=O) groups excluding carboxylic acids is 2. The lowest BCUT2D eigenvalue weighted by molar-refractivity contribution is -0.125.